The molecule has 5 atom stereocenters. The Morgan fingerprint density at radius 3 is 2.72 bits per heavy atom. The molecule has 1 aliphatic carbocycles. The fourth-order valence-corrected chi connectivity index (χ4v) is 6.20. The number of esters is 1. The molecule has 3 amide bonds. The number of nitrogens with one attached hydrogen (secondary N) is 3. The number of halogens is 2. The molecule has 2 aromatic rings. The van der Waals surface area contributed by atoms with E-state index in [2.05, 4.69) is 15.6 Å². The summed E-state index contributed by atoms with van der Waals surface area (Å²) < 4.78 is 19.2. The van der Waals surface area contributed by atoms with Gasteiger partial charge in [0.25, 0.3) is 5.91 Å². The van der Waals surface area contributed by atoms with Crippen LogP contribution in [-0.2, 0) is 19.1 Å². The molecule has 11 heteroatoms. The number of likely N-dealkylation sites (tertiary alicyclic amines) is 1. The predicted molar refractivity (Wildman–Crippen MR) is 129 cm³/mol. The third-order valence-electron chi connectivity index (χ3n) is 8.14. The Morgan fingerprint density at radius 1 is 1.33 bits per heavy atom. The molecule has 0 radical (unpaired) electrons. The lowest BCUT2D eigenvalue weighted by Crippen LogP contribution is -2.54. The summed E-state index contributed by atoms with van der Waals surface area (Å²) in [6, 6.07) is 2.20. The van der Waals surface area contributed by atoms with E-state index in [4.69, 9.17) is 16.3 Å². The highest BCUT2D eigenvalue weighted by molar-refractivity contribution is 6.35. The van der Waals surface area contributed by atoms with Crippen LogP contribution in [0.1, 0.15) is 37.2 Å². The van der Waals surface area contributed by atoms with Crippen molar-refractivity contribution in [3.05, 3.63) is 34.7 Å². The van der Waals surface area contributed by atoms with Crippen LogP contribution in [0.3, 0.4) is 0 Å². The van der Waals surface area contributed by atoms with Crippen LogP contribution in [0.15, 0.2) is 18.2 Å². The molecule has 5 rings (SSSR count). The maximum atomic E-state index is 14.3. The normalized spacial score (nSPS) is 26.9. The van der Waals surface area contributed by atoms with Gasteiger partial charge in [-0.25, -0.2) is 9.18 Å². The van der Waals surface area contributed by atoms with Gasteiger partial charge >= 0.3 is 5.97 Å². The molecule has 36 heavy (non-hydrogen) atoms. The number of hydrogen-bond donors (Lipinski definition) is 3. The Labute approximate surface area is 212 Å². The average molecular weight is 519 g/mol. The molecule has 0 bridgehead atoms. The molecule has 3 fully saturated rings. The Bertz CT molecular complexity index is 1240. The Morgan fingerprint density at radius 2 is 2.08 bits per heavy atom. The van der Waals surface area contributed by atoms with E-state index in [0.29, 0.717) is 25.0 Å². The molecule has 2 saturated heterocycles. The van der Waals surface area contributed by atoms with Crippen molar-refractivity contribution in [2.24, 2.45) is 23.2 Å². The number of piperidine rings is 1. The van der Waals surface area contributed by atoms with Crippen LogP contribution in [0.4, 0.5) is 4.39 Å². The minimum atomic E-state index is -1.02. The maximum absolute atomic E-state index is 14.3. The summed E-state index contributed by atoms with van der Waals surface area (Å²) in [5.74, 6) is -2.65. The number of carbonyl (C=O) groups excluding carboxylic acids is 4. The summed E-state index contributed by atoms with van der Waals surface area (Å²) in [4.78, 5) is 56.0. The van der Waals surface area contributed by atoms with E-state index in [1.807, 2.05) is 13.8 Å². The van der Waals surface area contributed by atoms with E-state index in [0.717, 1.165) is 0 Å². The third-order valence-corrected chi connectivity index (χ3v) is 8.46. The van der Waals surface area contributed by atoms with Gasteiger partial charge in [-0.1, -0.05) is 25.4 Å². The molecule has 0 spiro atoms. The Balaban J connectivity index is 1.40. The van der Waals surface area contributed by atoms with Gasteiger partial charge in [0.1, 0.15) is 23.6 Å². The topological polar surface area (TPSA) is 121 Å². The predicted octanol–water partition coefficient (Wildman–Crippen LogP) is 2.24. The zero-order chi connectivity index (χ0) is 25.9. The van der Waals surface area contributed by atoms with Gasteiger partial charge in [0.05, 0.1) is 17.6 Å². The first-order valence-corrected chi connectivity index (χ1v) is 12.4. The van der Waals surface area contributed by atoms with E-state index >= 15 is 0 Å². The number of hydrogen-bond acceptors (Lipinski definition) is 5. The second-order valence-corrected chi connectivity index (χ2v) is 10.9. The molecular formula is C25H28ClFN4O5. The smallest absolute Gasteiger partial charge is 0.328 e. The first-order chi connectivity index (χ1) is 17.0. The number of methoxy groups -OCH3 is 1. The quantitative estimate of drug-likeness (QED) is 0.506. The summed E-state index contributed by atoms with van der Waals surface area (Å²) in [5, 5.41) is 5.95. The fraction of sp³-hybridized carbons (Fsp3) is 0.520. The highest BCUT2D eigenvalue weighted by Crippen LogP contribution is 2.65. The van der Waals surface area contributed by atoms with Crippen molar-refractivity contribution in [3.63, 3.8) is 0 Å². The van der Waals surface area contributed by atoms with E-state index < -0.39 is 41.6 Å². The first-order valence-electron chi connectivity index (χ1n) is 12.0. The van der Waals surface area contributed by atoms with E-state index in [1.54, 1.807) is 0 Å². The molecule has 3 N–H and O–H groups in total. The van der Waals surface area contributed by atoms with E-state index in [9.17, 15) is 23.6 Å². The van der Waals surface area contributed by atoms with Crippen LogP contribution >= 0.6 is 11.6 Å². The first kappa shape index (κ1) is 24.5. The molecular weight excluding hydrogens is 491 g/mol. The largest absolute Gasteiger partial charge is 0.467 e. The second-order valence-electron chi connectivity index (χ2n) is 10.5. The number of benzene rings is 1. The molecule has 0 unspecified atom stereocenters. The zero-order valence-corrected chi connectivity index (χ0v) is 20.9. The summed E-state index contributed by atoms with van der Waals surface area (Å²) in [7, 11) is 1.22. The molecule has 1 saturated carbocycles. The number of carbonyl (C=O) groups is 4. The molecule has 1 aromatic heterocycles. The fourth-order valence-electron chi connectivity index (χ4n) is 5.98. The minimum Gasteiger partial charge on any atom is -0.467 e. The molecule has 1 aromatic carbocycles. The van der Waals surface area contributed by atoms with Crippen molar-refractivity contribution in [3.8, 4) is 0 Å². The average Bonchev–Trinajstić information content (AvgIpc) is 3.37. The maximum Gasteiger partial charge on any atom is 0.328 e. The van der Waals surface area contributed by atoms with Crippen LogP contribution in [0, 0.1) is 29.0 Å². The monoisotopic (exact) mass is 518 g/mol. The van der Waals surface area contributed by atoms with Crippen LogP contribution in [0.25, 0.3) is 10.9 Å². The highest BCUT2D eigenvalue weighted by atomic mass is 35.5. The number of nitrogens with zero attached hydrogens (tertiary/aromatic N) is 1. The number of ether oxygens (including phenoxy) is 1. The van der Waals surface area contributed by atoms with Crippen LogP contribution < -0.4 is 10.6 Å². The third kappa shape index (κ3) is 3.91. The van der Waals surface area contributed by atoms with E-state index in [1.165, 1.54) is 30.2 Å². The van der Waals surface area contributed by atoms with Crippen molar-refractivity contribution in [2.75, 3.05) is 20.2 Å². The lowest BCUT2D eigenvalue weighted by molar-refractivity contribution is -0.146. The van der Waals surface area contributed by atoms with Crippen LogP contribution in [0.5, 0.6) is 0 Å². The van der Waals surface area contributed by atoms with Gasteiger partial charge in [-0.15, -0.1) is 0 Å². The zero-order valence-electron chi connectivity index (χ0n) is 20.2. The molecule has 192 valence electrons. The lowest BCUT2D eigenvalue weighted by Gasteiger charge is -2.31. The number of H-pyrrole nitrogens is 1. The van der Waals surface area contributed by atoms with Gasteiger partial charge in [0.15, 0.2) is 0 Å². The molecule has 9 nitrogen and oxygen atoms in total. The van der Waals surface area contributed by atoms with Gasteiger partial charge in [-0.3, -0.25) is 14.4 Å². The van der Waals surface area contributed by atoms with E-state index in [-0.39, 0.29) is 45.7 Å². The van der Waals surface area contributed by atoms with Gasteiger partial charge < -0.3 is 25.3 Å². The SMILES string of the molecule is COC(=O)[C@H](C[C@@H]1CCNC1=O)NC(=O)[C@@H]1[C@@H]2[C@H](CN1C(=O)c1cc3c(F)ccc(Cl)c3[nH]1)C2(C)C. The summed E-state index contributed by atoms with van der Waals surface area (Å²) in [6.45, 7) is 4.96. The lowest BCUT2D eigenvalue weighted by atomic mass is 9.96. The number of aromatic amines is 1. The number of amides is 3. The number of aromatic nitrogens is 1. The van der Waals surface area contributed by atoms with Crippen molar-refractivity contribution >= 4 is 46.2 Å². The van der Waals surface area contributed by atoms with Crippen LogP contribution in [-0.4, -0.2) is 65.9 Å². The van der Waals surface area contributed by atoms with Gasteiger partial charge in [0, 0.05) is 24.4 Å². The summed E-state index contributed by atoms with van der Waals surface area (Å²) >= 11 is 6.18. The number of rotatable bonds is 6. The highest BCUT2D eigenvalue weighted by Gasteiger charge is 2.69. The second kappa shape index (κ2) is 8.76. The molecule has 3 heterocycles. The summed E-state index contributed by atoms with van der Waals surface area (Å²) in [5.41, 5.74) is 0.285. The molecule has 3 aliphatic rings. The van der Waals surface area contributed by atoms with Gasteiger partial charge in [0.2, 0.25) is 11.8 Å². The van der Waals surface area contributed by atoms with Crippen molar-refractivity contribution in [1.29, 1.82) is 0 Å². The Kier molecular flexibility index (Phi) is 5.97. The molecule has 2 aliphatic heterocycles. The Hall–Kier alpha value is -3.14. The number of fused-ring (bicyclic) bond motifs is 2. The van der Waals surface area contributed by atoms with Crippen molar-refractivity contribution in [2.45, 2.75) is 38.8 Å². The van der Waals surface area contributed by atoms with Crippen LogP contribution in [0.2, 0.25) is 5.02 Å². The minimum absolute atomic E-state index is 0.0979. The van der Waals surface area contributed by atoms with Gasteiger partial charge in [-0.2, -0.15) is 0 Å². The van der Waals surface area contributed by atoms with Crippen molar-refractivity contribution in [1.82, 2.24) is 20.5 Å². The van der Waals surface area contributed by atoms with Gasteiger partial charge in [-0.05, 0) is 48.3 Å². The standard InChI is InChI=1S/C25H28ClFN4O5/c1-25(2)13-10-31(23(34)16-9-12-15(27)5-4-14(26)19(12)29-16)20(18(13)25)22(33)30-17(24(35)36-3)8-11-6-7-28-21(11)32/h4-5,9,11,13,17-18,20,29H,6-8,10H2,1-3H3,(H,28,32)(H,30,33)/t11-,13-,17-,18-,20-/m0/s1. The van der Waals surface area contributed by atoms with Crippen molar-refractivity contribution < 1.29 is 28.3 Å². The summed E-state index contributed by atoms with van der Waals surface area (Å²) in [6.07, 6.45) is 0.676.